The Morgan fingerprint density at radius 2 is 1.93 bits per heavy atom. The van der Waals surface area contributed by atoms with E-state index in [0.717, 1.165) is 41.6 Å². The number of benzene rings is 1. The third-order valence-electron chi connectivity index (χ3n) is 4.63. The molecule has 0 radical (unpaired) electrons. The van der Waals surface area contributed by atoms with Crippen LogP contribution in [-0.4, -0.2) is 33.9 Å². The summed E-state index contributed by atoms with van der Waals surface area (Å²) in [6.45, 7) is 5.02. The molecule has 0 aliphatic carbocycles. The topological polar surface area (TPSA) is 58.1 Å². The maximum atomic E-state index is 12.7. The molecule has 1 fully saturated rings. The quantitative estimate of drug-likeness (QED) is 0.670. The van der Waals surface area contributed by atoms with E-state index in [9.17, 15) is 4.79 Å². The molecular weight excluding hydrogens is 376 g/mol. The SMILES string of the molecule is Cc1nc(-c2ccccc2)sc1C(=O)Nc1nc(CN2CCCCC2)cs1. The highest BCUT2D eigenvalue weighted by Crippen LogP contribution is 2.29. The van der Waals surface area contributed by atoms with Gasteiger partial charge in [0.25, 0.3) is 5.91 Å². The Morgan fingerprint density at radius 1 is 1.15 bits per heavy atom. The molecule has 3 heterocycles. The average molecular weight is 399 g/mol. The minimum Gasteiger partial charge on any atom is -0.297 e. The number of nitrogens with one attached hydrogen (secondary N) is 1. The minimum absolute atomic E-state index is 0.133. The third-order valence-corrected chi connectivity index (χ3v) is 6.64. The van der Waals surface area contributed by atoms with E-state index in [-0.39, 0.29) is 5.91 Å². The Hall–Kier alpha value is -2.09. The molecule has 2 aromatic heterocycles. The Morgan fingerprint density at radius 3 is 2.70 bits per heavy atom. The number of nitrogens with zero attached hydrogens (tertiary/aromatic N) is 3. The van der Waals surface area contributed by atoms with Gasteiger partial charge in [0.15, 0.2) is 5.13 Å². The normalized spacial score (nSPS) is 15.0. The van der Waals surface area contributed by atoms with Crippen molar-refractivity contribution in [3.63, 3.8) is 0 Å². The highest BCUT2D eigenvalue weighted by molar-refractivity contribution is 7.17. The molecular formula is C20H22N4OS2. The lowest BCUT2D eigenvalue weighted by molar-refractivity contribution is 0.103. The van der Waals surface area contributed by atoms with Crippen molar-refractivity contribution < 1.29 is 4.79 Å². The molecule has 4 rings (SSSR count). The zero-order valence-electron chi connectivity index (χ0n) is 15.3. The lowest BCUT2D eigenvalue weighted by Gasteiger charge is -2.25. The van der Waals surface area contributed by atoms with Crippen molar-refractivity contribution in [2.75, 3.05) is 18.4 Å². The monoisotopic (exact) mass is 398 g/mol. The van der Waals surface area contributed by atoms with Gasteiger partial charge in [-0.1, -0.05) is 36.8 Å². The number of rotatable bonds is 5. The van der Waals surface area contributed by atoms with Gasteiger partial charge in [-0.3, -0.25) is 15.0 Å². The zero-order chi connectivity index (χ0) is 18.6. The van der Waals surface area contributed by atoms with Crippen LogP contribution in [0.2, 0.25) is 0 Å². The zero-order valence-corrected chi connectivity index (χ0v) is 16.9. The van der Waals surface area contributed by atoms with Gasteiger partial charge in [-0.05, 0) is 32.9 Å². The van der Waals surface area contributed by atoms with Gasteiger partial charge in [-0.2, -0.15) is 0 Å². The molecule has 0 spiro atoms. The fraction of sp³-hybridized carbons (Fsp3) is 0.350. The van der Waals surface area contributed by atoms with Crippen LogP contribution in [0, 0.1) is 6.92 Å². The molecule has 0 atom stereocenters. The van der Waals surface area contributed by atoms with Crippen LogP contribution in [0.25, 0.3) is 10.6 Å². The van der Waals surface area contributed by atoms with E-state index in [2.05, 4.69) is 20.2 Å². The molecule has 1 saturated heterocycles. The van der Waals surface area contributed by atoms with E-state index in [0.29, 0.717) is 10.0 Å². The molecule has 27 heavy (non-hydrogen) atoms. The predicted molar refractivity (Wildman–Crippen MR) is 111 cm³/mol. The van der Waals surface area contributed by atoms with Crippen LogP contribution in [0.3, 0.4) is 0 Å². The summed E-state index contributed by atoms with van der Waals surface area (Å²) in [5.41, 5.74) is 2.81. The first-order valence-electron chi connectivity index (χ1n) is 9.20. The second-order valence-electron chi connectivity index (χ2n) is 6.73. The predicted octanol–water partition coefficient (Wildman–Crippen LogP) is 4.81. The van der Waals surface area contributed by atoms with Crippen LogP contribution in [0.4, 0.5) is 5.13 Å². The van der Waals surface area contributed by atoms with Crippen LogP contribution in [-0.2, 0) is 6.54 Å². The molecule has 1 aliphatic heterocycles. The largest absolute Gasteiger partial charge is 0.297 e. The van der Waals surface area contributed by atoms with Crippen molar-refractivity contribution in [1.29, 1.82) is 0 Å². The van der Waals surface area contributed by atoms with Gasteiger partial charge in [0.05, 0.1) is 11.4 Å². The molecule has 7 heteroatoms. The van der Waals surface area contributed by atoms with Crippen molar-refractivity contribution in [2.45, 2.75) is 32.7 Å². The summed E-state index contributed by atoms with van der Waals surface area (Å²) in [4.78, 5) is 24.9. The van der Waals surface area contributed by atoms with Gasteiger partial charge in [-0.15, -0.1) is 22.7 Å². The Labute approximate surface area is 167 Å². The van der Waals surface area contributed by atoms with Crippen LogP contribution in [0.15, 0.2) is 35.7 Å². The highest BCUT2D eigenvalue weighted by Gasteiger charge is 2.18. The maximum Gasteiger partial charge on any atom is 0.269 e. The number of aromatic nitrogens is 2. The lowest BCUT2D eigenvalue weighted by atomic mass is 10.1. The summed E-state index contributed by atoms with van der Waals surface area (Å²) in [6, 6.07) is 9.94. The van der Waals surface area contributed by atoms with Gasteiger partial charge in [0.1, 0.15) is 9.88 Å². The summed E-state index contributed by atoms with van der Waals surface area (Å²) >= 11 is 2.91. The fourth-order valence-electron chi connectivity index (χ4n) is 3.25. The Kier molecular flexibility index (Phi) is 5.61. The Bertz CT molecular complexity index is 913. The number of hydrogen-bond donors (Lipinski definition) is 1. The third kappa shape index (κ3) is 4.43. The van der Waals surface area contributed by atoms with Crippen molar-refractivity contribution in [3.05, 3.63) is 52.0 Å². The highest BCUT2D eigenvalue weighted by atomic mass is 32.1. The summed E-state index contributed by atoms with van der Waals surface area (Å²) in [5.74, 6) is -0.133. The number of thiazole rings is 2. The summed E-state index contributed by atoms with van der Waals surface area (Å²) in [7, 11) is 0. The van der Waals surface area contributed by atoms with Crippen molar-refractivity contribution in [2.24, 2.45) is 0 Å². The standard InChI is InChI=1S/C20H22N4OS2/c1-14-17(27-19(21-14)15-8-4-2-5-9-15)18(25)23-20-22-16(13-26-20)12-24-10-6-3-7-11-24/h2,4-5,8-9,13H,3,6-7,10-12H2,1H3,(H,22,23,25). The summed E-state index contributed by atoms with van der Waals surface area (Å²) in [6.07, 6.45) is 3.86. The molecule has 1 amide bonds. The second kappa shape index (κ2) is 8.29. The van der Waals surface area contributed by atoms with Gasteiger partial charge >= 0.3 is 0 Å². The smallest absolute Gasteiger partial charge is 0.269 e. The van der Waals surface area contributed by atoms with Crippen molar-refractivity contribution >= 4 is 33.7 Å². The molecule has 1 N–H and O–H groups in total. The second-order valence-corrected chi connectivity index (χ2v) is 8.59. The van der Waals surface area contributed by atoms with Crippen LogP contribution >= 0.6 is 22.7 Å². The lowest BCUT2D eigenvalue weighted by Crippen LogP contribution is -2.29. The van der Waals surface area contributed by atoms with E-state index in [1.165, 1.54) is 41.9 Å². The number of amides is 1. The van der Waals surface area contributed by atoms with Gasteiger partial charge in [-0.25, -0.2) is 9.97 Å². The van der Waals surface area contributed by atoms with E-state index in [1.54, 1.807) is 0 Å². The van der Waals surface area contributed by atoms with E-state index in [4.69, 9.17) is 0 Å². The first-order valence-corrected chi connectivity index (χ1v) is 10.9. The number of aryl methyl sites for hydroxylation is 1. The molecule has 0 unspecified atom stereocenters. The molecule has 0 saturated carbocycles. The van der Waals surface area contributed by atoms with E-state index in [1.807, 2.05) is 42.6 Å². The first-order chi connectivity index (χ1) is 13.2. The van der Waals surface area contributed by atoms with Gasteiger partial charge in [0, 0.05) is 17.5 Å². The van der Waals surface area contributed by atoms with Crippen LogP contribution in [0.5, 0.6) is 0 Å². The molecule has 1 aliphatic rings. The summed E-state index contributed by atoms with van der Waals surface area (Å²) in [5, 5.41) is 6.50. The number of anilines is 1. The number of carbonyl (C=O) groups excluding carboxylic acids is 1. The average Bonchev–Trinajstić information content (AvgIpc) is 3.29. The summed E-state index contributed by atoms with van der Waals surface area (Å²) < 4.78 is 0. The molecule has 5 nitrogen and oxygen atoms in total. The molecule has 3 aromatic rings. The Balaban J connectivity index is 1.43. The number of hydrogen-bond acceptors (Lipinski definition) is 6. The number of likely N-dealkylation sites (tertiary alicyclic amines) is 1. The van der Waals surface area contributed by atoms with Gasteiger partial charge in [0.2, 0.25) is 0 Å². The van der Waals surface area contributed by atoms with Crippen molar-refractivity contribution in [3.8, 4) is 10.6 Å². The van der Waals surface area contributed by atoms with E-state index >= 15 is 0 Å². The van der Waals surface area contributed by atoms with E-state index < -0.39 is 0 Å². The molecule has 1 aromatic carbocycles. The van der Waals surface area contributed by atoms with Gasteiger partial charge < -0.3 is 0 Å². The van der Waals surface area contributed by atoms with Crippen LogP contribution in [0.1, 0.15) is 40.3 Å². The maximum absolute atomic E-state index is 12.7. The first kappa shape index (κ1) is 18.3. The molecule has 140 valence electrons. The number of piperidine rings is 1. The molecule has 0 bridgehead atoms. The van der Waals surface area contributed by atoms with Crippen molar-refractivity contribution in [1.82, 2.24) is 14.9 Å². The number of carbonyl (C=O) groups is 1. The minimum atomic E-state index is -0.133. The van der Waals surface area contributed by atoms with Crippen LogP contribution < -0.4 is 5.32 Å². The fourth-order valence-corrected chi connectivity index (χ4v) is 4.91.